The molecule has 1 heterocycles. The van der Waals surface area contributed by atoms with Crippen LogP contribution >= 0.6 is 0 Å². The first-order valence-electron chi connectivity index (χ1n) is 9.46. The van der Waals surface area contributed by atoms with E-state index in [-0.39, 0.29) is 18.4 Å². The highest BCUT2D eigenvalue weighted by atomic mass is 16.5. The number of hydrogen-bond donors (Lipinski definition) is 0. The normalized spacial score (nSPS) is 16.5. The molecule has 0 radical (unpaired) electrons. The number of nitrogens with zero attached hydrogens (tertiary/aromatic N) is 2. The van der Waals surface area contributed by atoms with Crippen molar-refractivity contribution in [3.8, 4) is 0 Å². The van der Waals surface area contributed by atoms with Gasteiger partial charge < -0.3 is 14.5 Å². The van der Waals surface area contributed by atoms with Crippen molar-refractivity contribution in [2.45, 2.75) is 26.4 Å². The Morgan fingerprint density at radius 3 is 2.07 bits per heavy atom. The standard InChI is InChI=1S/C23H26N2O3/c1-18(13-14-28-2)22-23(27)24(15-19-9-5-3-6-10-19)17-21(26)25(22)16-20-11-7-4-8-12-20/h3-12H,13-17H2,1-2H3/b22-18-. The van der Waals surface area contributed by atoms with Crippen molar-refractivity contribution in [2.75, 3.05) is 20.3 Å². The Hall–Kier alpha value is -2.92. The van der Waals surface area contributed by atoms with Crippen LogP contribution in [-0.2, 0) is 27.4 Å². The largest absolute Gasteiger partial charge is 0.384 e. The molecule has 5 nitrogen and oxygen atoms in total. The lowest BCUT2D eigenvalue weighted by atomic mass is 10.1. The van der Waals surface area contributed by atoms with E-state index in [2.05, 4.69) is 0 Å². The first-order valence-corrected chi connectivity index (χ1v) is 9.46. The van der Waals surface area contributed by atoms with Crippen molar-refractivity contribution in [3.05, 3.63) is 83.1 Å². The summed E-state index contributed by atoms with van der Waals surface area (Å²) >= 11 is 0. The quantitative estimate of drug-likeness (QED) is 0.694. The van der Waals surface area contributed by atoms with Gasteiger partial charge in [0.05, 0.1) is 6.54 Å². The molecule has 0 unspecified atom stereocenters. The van der Waals surface area contributed by atoms with E-state index in [1.807, 2.05) is 67.6 Å². The maximum absolute atomic E-state index is 13.3. The lowest BCUT2D eigenvalue weighted by Crippen LogP contribution is -2.51. The van der Waals surface area contributed by atoms with E-state index in [1.54, 1.807) is 16.9 Å². The highest BCUT2D eigenvalue weighted by Crippen LogP contribution is 2.25. The topological polar surface area (TPSA) is 49.9 Å². The molecule has 1 aliphatic rings. The molecule has 1 saturated heterocycles. The number of amides is 2. The van der Waals surface area contributed by atoms with Gasteiger partial charge in [0.15, 0.2) is 0 Å². The molecule has 1 fully saturated rings. The molecule has 28 heavy (non-hydrogen) atoms. The minimum Gasteiger partial charge on any atom is -0.384 e. The Morgan fingerprint density at radius 1 is 0.929 bits per heavy atom. The van der Waals surface area contributed by atoms with Gasteiger partial charge >= 0.3 is 0 Å². The molecule has 0 bridgehead atoms. The van der Waals surface area contributed by atoms with Gasteiger partial charge in [0.1, 0.15) is 12.2 Å². The van der Waals surface area contributed by atoms with E-state index in [9.17, 15) is 9.59 Å². The molecule has 0 aromatic heterocycles. The van der Waals surface area contributed by atoms with Crippen LogP contribution in [-0.4, -0.2) is 41.9 Å². The number of benzene rings is 2. The van der Waals surface area contributed by atoms with Crippen LogP contribution in [0.5, 0.6) is 0 Å². The highest BCUT2D eigenvalue weighted by molar-refractivity contribution is 6.03. The van der Waals surface area contributed by atoms with Gasteiger partial charge in [-0.15, -0.1) is 0 Å². The highest BCUT2D eigenvalue weighted by Gasteiger charge is 2.36. The molecule has 0 atom stereocenters. The monoisotopic (exact) mass is 378 g/mol. The van der Waals surface area contributed by atoms with E-state index in [1.165, 1.54) is 0 Å². The third-order valence-corrected chi connectivity index (χ3v) is 4.87. The molecule has 2 aromatic carbocycles. The second kappa shape index (κ2) is 9.33. The molecule has 0 aliphatic carbocycles. The third kappa shape index (κ3) is 4.67. The summed E-state index contributed by atoms with van der Waals surface area (Å²) in [5.41, 5.74) is 3.35. The number of ether oxygens (including phenoxy) is 1. The molecule has 0 saturated carbocycles. The Morgan fingerprint density at radius 2 is 1.50 bits per heavy atom. The van der Waals surface area contributed by atoms with Gasteiger partial charge in [0.25, 0.3) is 5.91 Å². The van der Waals surface area contributed by atoms with Gasteiger partial charge in [0.2, 0.25) is 5.91 Å². The molecule has 1 aliphatic heterocycles. The molecule has 0 spiro atoms. The maximum Gasteiger partial charge on any atom is 0.271 e. The molecular weight excluding hydrogens is 352 g/mol. The Kier molecular flexibility index (Phi) is 6.61. The molecule has 3 rings (SSSR count). The fourth-order valence-electron chi connectivity index (χ4n) is 3.36. The molecule has 5 heteroatoms. The summed E-state index contributed by atoms with van der Waals surface area (Å²) < 4.78 is 5.18. The van der Waals surface area contributed by atoms with Crippen molar-refractivity contribution in [1.82, 2.24) is 9.80 Å². The predicted octanol–water partition coefficient (Wildman–Crippen LogP) is 3.37. The molecule has 0 N–H and O–H groups in total. The average molecular weight is 378 g/mol. The van der Waals surface area contributed by atoms with Crippen LogP contribution in [0.1, 0.15) is 24.5 Å². The first kappa shape index (κ1) is 19.8. The fraction of sp³-hybridized carbons (Fsp3) is 0.304. The number of methoxy groups -OCH3 is 1. The van der Waals surface area contributed by atoms with Crippen LogP contribution < -0.4 is 0 Å². The SMILES string of the molecule is COCC/C(C)=C1/C(=O)N(Cc2ccccc2)CC(=O)N1Cc1ccccc1. The van der Waals surface area contributed by atoms with E-state index in [0.717, 1.165) is 16.7 Å². The van der Waals surface area contributed by atoms with Gasteiger partial charge in [-0.3, -0.25) is 9.59 Å². The van der Waals surface area contributed by atoms with Gasteiger partial charge in [-0.2, -0.15) is 0 Å². The Bertz CT molecular complexity index is 847. The van der Waals surface area contributed by atoms with E-state index < -0.39 is 0 Å². The molecular formula is C23H26N2O3. The zero-order valence-corrected chi connectivity index (χ0v) is 16.4. The lowest BCUT2D eigenvalue weighted by Gasteiger charge is -2.37. The van der Waals surface area contributed by atoms with Crippen molar-refractivity contribution >= 4 is 11.8 Å². The van der Waals surface area contributed by atoms with Crippen LogP contribution in [0.3, 0.4) is 0 Å². The second-order valence-electron chi connectivity index (χ2n) is 6.98. The minimum atomic E-state index is -0.104. The van der Waals surface area contributed by atoms with E-state index in [4.69, 9.17) is 4.74 Å². The number of carbonyl (C=O) groups is 2. The third-order valence-electron chi connectivity index (χ3n) is 4.87. The van der Waals surface area contributed by atoms with E-state index in [0.29, 0.717) is 31.8 Å². The summed E-state index contributed by atoms with van der Waals surface area (Å²) in [6.45, 7) is 3.32. The maximum atomic E-state index is 13.3. The molecule has 2 amide bonds. The predicted molar refractivity (Wildman–Crippen MR) is 108 cm³/mol. The second-order valence-corrected chi connectivity index (χ2v) is 6.98. The van der Waals surface area contributed by atoms with Crippen LogP contribution in [0.4, 0.5) is 0 Å². The van der Waals surface area contributed by atoms with Crippen LogP contribution in [0.2, 0.25) is 0 Å². The summed E-state index contributed by atoms with van der Waals surface area (Å²) in [6, 6.07) is 19.5. The minimum absolute atomic E-state index is 0.0637. The number of piperazine rings is 1. The first-order chi connectivity index (χ1) is 13.6. The Labute approximate surface area is 166 Å². The fourth-order valence-corrected chi connectivity index (χ4v) is 3.36. The molecule has 146 valence electrons. The van der Waals surface area contributed by atoms with Gasteiger partial charge in [-0.05, 0) is 30.0 Å². The van der Waals surface area contributed by atoms with Crippen LogP contribution in [0.25, 0.3) is 0 Å². The Balaban J connectivity index is 1.90. The zero-order valence-electron chi connectivity index (χ0n) is 16.4. The van der Waals surface area contributed by atoms with Crippen LogP contribution in [0, 0.1) is 0 Å². The summed E-state index contributed by atoms with van der Waals surface area (Å²) in [7, 11) is 1.63. The van der Waals surface area contributed by atoms with Crippen molar-refractivity contribution in [3.63, 3.8) is 0 Å². The summed E-state index contributed by atoms with van der Waals surface area (Å²) in [5.74, 6) is -0.167. The van der Waals surface area contributed by atoms with Gasteiger partial charge in [0, 0.05) is 20.3 Å². The van der Waals surface area contributed by atoms with Gasteiger partial charge in [-0.25, -0.2) is 0 Å². The van der Waals surface area contributed by atoms with Crippen molar-refractivity contribution < 1.29 is 14.3 Å². The summed E-state index contributed by atoms with van der Waals surface area (Å²) in [6.07, 6.45) is 0.606. The average Bonchev–Trinajstić information content (AvgIpc) is 2.71. The number of rotatable bonds is 7. The van der Waals surface area contributed by atoms with Gasteiger partial charge in [-0.1, -0.05) is 60.7 Å². The number of hydrogen-bond acceptors (Lipinski definition) is 3. The van der Waals surface area contributed by atoms with Crippen molar-refractivity contribution in [2.24, 2.45) is 0 Å². The summed E-state index contributed by atoms with van der Waals surface area (Å²) in [4.78, 5) is 29.6. The van der Waals surface area contributed by atoms with Crippen LogP contribution in [0.15, 0.2) is 71.9 Å². The van der Waals surface area contributed by atoms with Crippen molar-refractivity contribution in [1.29, 1.82) is 0 Å². The summed E-state index contributed by atoms with van der Waals surface area (Å²) in [5, 5.41) is 0. The smallest absolute Gasteiger partial charge is 0.271 e. The lowest BCUT2D eigenvalue weighted by molar-refractivity contribution is -0.146. The zero-order chi connectivity index (χ0) is 19.9. The van der Waals surface area contributed by atoms with E-state index >= 15 is 0 Å². The number of carbonyl (C=O) groups excluding carboxylic acids is 2. The molecule has 2 aromatic rings.